The molecular weight excluding hydrogens is 336 g/mol. The quantitative estimate of drug-likeness (QED) is 0.762. The van der Waals surface area contributed by atoms with Crippen molar-refractivity contribution in [3.05, 3.63) is 52.9 Å². The molecule has 5 nitrogen and oxygen atoms in total. The minimum atomic E-state index is 0.390. The summed E-state index contributed by atoms with van der Waals surface area (Å²) in [6, 6.07) is 12.8. The number of aromatic nitrogens is 2. The van der Waals surface area contributed by atoms with Gasteiger partial charge >= 0.3 is 0 Å². The molecule has 6 heteroatoms. The predicted octanol–water partition coefficient (Wildman–Crippen LogP) is 3.74. The zero-order valence-corrected chi connectivity index (χ0v) is 15.4. The van der Waals surface area contributed by atoms with Crippen molar-refractivity contribution in [2.24, 2.45) is 0 Å². The van der Waals surface area contributed by atoms with Gasteiger partial charge < -0.3 is 10.1 Å². The summed E-state index contributed by atoms with van der Waals surface area (Å²) >= 11 is 6.11. The van der Waals surface area contributed by atoms with E-state index in [1.54, 1.807) is 6.07 Å². The maximum Gasteiger partial charge on any atom is 0.158 e. The monoisotopic (exact) mass is 360 g/mol. The first-order valence-corrected chi connectivity index (χ1v) is 9.24. The number of benzene rings is 1. The fourth-order valence-corrected chi connectivity index (χ4v) is 3.28. The van der Waals surface area contributed by atoms with E-state index in [0.29, 0.717) is 30.2 Å². The van der Waals surface area contributed by atoms with Gasteiger partial charge in [0.2, 0.25) is 0 Å². The molecule has 1 aromatic heterocycles. The molecule has 3 rings (SSSR count). The van der Waals surface area contributed by atoms with E-state index in [4.69, 9.17) is 16.3 Å². The molecule has 2 aromatic rings. The van der Waals surface area contributed by atoms with Gasteiger partial charge in [-0.15, -0.1) is 0 Å². The maximum atomic E-state index is 6.11. The van der Waals surface area contributed by atoms with Crippen LogP contribution < -0.4 is 5.32 Å². The lowest BCUT2D eigenvalue weighted by Gasteiger charge is -2.32. The standard InChI is InChI=1S/C19H25ClN4O/c1-2-25-14-19-22-17(20)12-18(23-19)21-16-8-10-24(11-9-16)13-15-6-4-3-5-7-15/h3-7,12,16H,2,8-11,13-14H2,1H3,(H,21,22,23). The molecule has 1 fully saturated rings. The lowest BCUT2D eigenvalue weighted by molar-refractivity contribution is 0.128. The van der Waals surface area contributed by atoms with Crippen LogP contribution in [0.2, 0.25) is 5.15 Å². The number of nitrogens with one attached hydrogen (secondary N) is 1. The van der Waals surface area contributed by atoms with E-state index in [1.807, 2.05) is 6.92 Å². The van der Waals surface area contributed by atoms with Crippen LogP contribution in [-0.2, 0) is 17.9 Å². The molecule has 1 aromatic carbocycles. The Morgan fingerprint density at radius 2 is 1.96 bits per heavy atom. The van der Waals surface area contributed by atoms with Gasteiger partial charge in [0.1, 0.15) is 17.6 Å². The van der Waals surface area contributed by atoms with Crippen molar-refractivity contribution in [2.75, 3.05) is 25.0 Å². The number of nitrogens with zero attached hydrogens (tertiary/aromatic N) is 3. The van der Waals surface area contributed by atoms with Gasteiger partial charge in [0.05, 0.1) is 0 Å². The molecule has 0 saturated carbocycles. The third-order valence-corrected chi connectivity index (χ3v) is 4.56. The molecule has 0 spiro atoms. The lowest BCUT2D eigenvalue weighted by Crippen LogP contribution is -2.38. The smallest absolute Gasteiger partial charge is 0.158 e. The average molecular weight is 361 g/mol. The molecule has 0 atom stereocenters. The van der Waals surface area contributed by atoms with Crippen molar-refractivity contribution in [1.82, 2.24) is 14.9 Å². The summed E-state index contributed by atoms with van der Waals surface area (Å²) in [5.74, 6) is 1.41. The lowest BCUT2D eigenvalue weighted by atomic mass is 10.0. The topological polar surface area (TPSA) is 50.3 Å². The third-order valence-electron chi connectivity index (χ3n) is 4.37. The van der Waals surface area contributed by atoms with E-state index < -0.39 is 0 Å². The normalized spacial score (nSPS) is 16.1. The summed E-state index contributed by atoms with van der Waals surface area (Å²) in [4.78, 5) is 11.2. The average Bonchev–Trinajstić information content (AvgIpc) is 2.62. The highest BCUT2D eigenvalue weighted by atomic mass is 35.5. The maximum absolute atomic E-state index is 6.11. The number of hydrogen-bond acceptors (Lipinski definition) is 5. The Morgan fingerprint density at radius 1 is 1.20 bits per heavy atom. The first-order valence-electron chi connectivity index (χ1n) is 8.87. The van der Waals surface area contributed by atoms with Crippen LogP contribution in [0, 0.1) is 0 Å². The molecule has 0 unspecified atom stereocenters. The van der Waals surface area contributed by atoms with Crippen molar-refractivity contribution in [3.8, 4) is 0 Å². The molecule has 0 aliphatic carbocycles. The van der Waals surface area contributed by atoms with E-state index in [0.717, 1.165) is 38.3 Å². The van der Waals surface area contributed by atoms with Gasteiger partial charge in [-0.05, 0) is 25.3 Å². The van der Waals surface area contributed by atoms with E-state index in [1.165, 1.54) is 5.56 Å². The van der Waals surface area contributed by atoms with E-state index in [2.05, 4.69) is 50.5 Å². The number of piperidine rings is 1. The van der Waals surface area contributed by atoms with Gasteiger partial charge in [0.15, 0.2) is 5.82 Å². The minimum Gasteiger partial charge on any atom is -0.374 e. The van der Waals surface area contributed by atoms with Crippen LogP contribution in [0.5, 0.6) is 0 Å². The van der Waals surface area contributed by atoms with Crippen molar-refractivity contribution < 1.29 is 4.74 Å². The van der Waals surface area contributed by atoms with Crippen molar-refractivity contribution >= 4 is 17.4 Å². The third kappa shape index (κ3) is 5.66. The van der Waals surface area contributed by atoms with Gasteiger partial charge in [-0.3, -0.25) is 4.90 Å². The molecule has 1 N–H and O–H groups in total. The molecule has 25 heavy (non-hydrogen) atoms. The van der Waals surface area contributed by atoms with Gasteiger partial charge in [-0.1, -0.05) is 41.9 Å². The largest absolute Gasteiger partial charge is 0.374 e. The van der Waals surface area contributed by atoms with Gasteiger partial charge in [0, 0.05) is 38.3 Å². The summed E-state index contributed by atoms with van der Waals surface area (Å²) in [6.45, 7) is 6.16. The second-order valence-electron chi connectivity index (χ2n) is 6.31. The number of halogens is 1. The zero-order valence-electron chi connectivity index (χ0n) is 14.6. The first kappa shape index (κ1) is 18.1. The highest BCUT2D eigenvalue weighted by Crippen LogP contribution is 2.19. The van der Waals surface area contributed by atoms with Gasteiger partial charge in [-0.2, -0.15) is 0 Å². The molecule has 1 saturated heterocycles. The molecular formula is C19H25ClN4O. The van der Waals surface area contributed by atoms with E-state index in [-0.39, 0.29) is 0 Å². The van der Waals surface area contributed by atoms with Crippen LogP contribution in [-0.4, -0.2) is 40.6 Å². The first-order chi connectivity index (χ1) is 12.2. The Bertz CT molecular complexity index is 660. The summed E-state index contributed by atoms with van der Waals surface area (Å²) < 4.78 is 5.37. The highest BCUT2D eigenvalue weighted by molar-refractivity contribution is 6.29. The fourth-order valence-electron chi connectivity index (χ4n) is 3.08. The Labute approximate surface area is 154 Å². The van der Waals surface area contributed by atoms with E-state index >= 15 is 0 Å². The molecule has 1 aliphatic heterocycles. The number of likely N-dealkylation sites (tertiary alicyclic amines) is 1. The van der Waals surface area contributed by atoms with Crippen LogP contribution in [0.1, 0.15) is 31.2 Å². The Morgan fingerprint density at radius 3 is 2.68 bits per heavy atom. The second kappa shape index (κ2) is 9.13. The van der Waals surface area contributed by atoms with Crippen molar-refractivity contribution in [3.63, 3.8) is 0 Å². The van der Waals surface area contributed by atoms with Gasteiger partial charge in [-0.25, -0.2) is 9.97 Å². The molecule has 0 bridgehead atoms. The summed E-state index contributed by atoms with van der Waals surface area (Å²) in [6.07, 6.45) is 2.19. The number of rotatable bonds is 7. The second-order valence-corrected chi connectivity index (χ2v) is 6.70. The van der Waals surface area contributed by atoms with Crippen molar-refractivity contribution in [2.45, 2.75) is 39.0 Å². The van der Waals surface area contributed by atoms with Crippen molar-refractivity contribution in [1.29, 1.82) is 0 Å². The fraction of sp³-hybridized carbons (Fsp3) is 0.474. The molecule has 0 amide bonds. The van der Waals surface area contributed by atoms with Crippen LogP contribution in [0.3, 0.4) is 0 Å². The summed E-state index contributed by atoms with van der Waals surface area (Å²) in [5, 5.41) is 3.96. The van der Waals surface area contributed by atoms with E-state index in [9.17, 15) is 0 Å². The minimum absolute atomic E-state index is 0.390. The van der Waals surface area contributed by atoms with Crippen LogP contribution in [0.15, 0.2) is 36.4 Å². The summed E-state index contributed by atoms with van der Waals surface area (Å²) in [5.41, 5.74) is 1.37. The van der Waals surface area contributed by atoms with Gasteiger partial charge in [0.25, 0.3) is 0 Å². The summed E-state index contributed by atoms with van der Waals surface area (Å²) in [7, 11) is 0. The zero-order chi connectivity index (χ0) is 17.5. The predicted molar refractivity (Wildman–Crippen MR) is 101 cm³/mol. The Hall–Kier alpha value is -1.69. The highest BCUT2D eigenvalue weighted by Gasteiger charge is 2.19. The SMILES string of the molecule is CCOCc1nc(Cl)cc(NC2CCN(Cc3ccccc3)CC2)n1. The Balaban J connectivity index is 1.51. The molecule has 134 valence electrons. The molecule has 0 radical (unpaired) electrons. The number of hydrogen-bond donors (Lipinski definition) is 1. The number of ether oxygens (including phenoxy) is 1. The van der Waals surface area contributed by atoms with Crippen LogP contribution in [0.25, 0.3) is 0 Å². The van der Waals surface area contributed by atoms with Crippen LogP contribution in [0.4, 0.5) is 5.82 Å². The Kier molecular flexibility index (Phi) is 6.62. The molecule has 2 heterocycles. The molecule has 1 aliphatic rings. The van der Waals surface area contributed by atoms with Crippen LogP contribution >= 0.6 is 11.6 Å². The number of anilines is 1.